The fraction of sp³-hybridized carbons (Fsp3) is 0.350. The van der Waals surface area contributed by atoms with Crippen LogP contribution in [0.4, 0.5) is 13.2 Å². The fourth-order valence-electron chi connectivity index (χ4n) is 3.66. The lowest BCUT2D eigenvalue weighted by Crippen LogP contribution is -2.39. The Hall–Kier alpha value is -2.05. The number of hydrogen-bond donors (Lipinski definition) is 1. The monoisotopic (exact) mass is 397 g/mol. The number of likely N-dealkylation sites (tertiary alicyclic amines) is 1. The van der Waals surface area contributed by atoms with Crippen molar-refractivity contribution in [3.05, 3.63) is 70.2 Å². The van der Waals surface area contributed by atoms with Crippen LogP contribution in [0.2, 0.25) is 5.02 Å². The zero-order valence-corrected chi connectivity index (χ0v) is 15.2. The molecule has 3 nitrogen and oxygen atoms in total. The number of carbonyl (C=O) groups is 1. The molecule has 3 rings (SSSR count). The van der Waals surface area contributed by atoms with Gasteiger partial charge in [0.2, 0.25) is 0 Å². The van der Waals surface area contributed by atoms with Crippen molar-refractivity contribution in [1.82, 2.24) is 4.90 Å². The Morgan fingerprint density at radius 1 is 1.11 bits per heavy atom. The molecule has 144 valence electrons. The third-order valence-electron chi connectivity index (χ3n) is 4.97. The predicted molar refractivity (Wildman–Crippen MR) is 96.7 cm³/mol. The first-order chi connectivity index (χ1) is 12.8. The number of piperidine rings is 1. The molecule has 1 unspecified atom stereocenters. The van der Waals surface area contributed by atoms with E-state index in [1.807, 2.05) is 4.90 Å². The summed E-state index contributed by atoms with van der Waals surface area (Å²) >= 11 is 6.09. The van der Waals surface area contributed by atoms with Crippen LogP contribution >= 0.6 is 11.6 Å². The summed E-state index contributed by atoms with van der Waals surface area (Å²) in [4.78, 5) is 13.1. The standard InChI is InChI=1S/C20H19ClF3NO2/c21-15-5-3-4-14(12-15)18(25-10-8-13(9-11-25)19(26)27)16-6-1-2-7-17(16)20(22,23)24/h1-7,12-13,18H,8-11H2,(H,26,27). The number of carboxylic acid groups (broad SMARTS) is 1. The lowest BCUT2D eigenvalue weighted by Gasteiger charge is -2.38. The second kappa shape index (κ2) is 7.90. The van der Waals surface area contributed by atoms with Crippen LogP contribution in [0.5, 0.6) is 0 Å². The van der Waals surface area contributed by atoms with Gasteiger partial charge in [-0.1, -0.05) is 41.9 Å². The quantitative estimate of drug-likeness (QED) is 0.766. The predicted octanol–water partition coefficient (Wildman–Crippen LogP) is 5.24. The third kappa shape index (κ3) is 4.45. The molecular weight excluding hydrogens is 379 g/mol. The minimum Gasteiger partial charge on any atom is -0.481 e. The van der Waals surface area contributed by atoms with Crippen LogP contribution in [0.15, 0.2) is 48.5 Å². The topological polar surface area (TPSA) is 40.5 Å². The molecule has 2 aromatic rings. The van der Waals surface area contributed by atoms with Gasteiger partial charge < -0.3 is 5.11 Å². The summed E-state index contributed by atoms with van der Waals surface area (Å²) < 4.78 is 40.8. The number of halogens is 4. The van der Waals surface area contributed by atoms with E-state index < -0.39 is 29.7 Å². The summed E-state index contributed by atoms with van der Waals surface area (Å²) in [7, 11) is 0. The Balaban J connectivity index is 2.04. The maximum Gasteiger partial charge on any atom is 0.416 e. The Labute approximate surface area is 160 Å². The first-order valence-corrected chi connectivity index (χ1v) is 9.03. The molecule has 1 heterocycles. The van der Waals surface area contributed by atoms with Crippen LogP contribution in [-0.2, 0) is 11.0 Å². The lowest BCUT2D eigenvalue weighted by atomic mass is 9.89. The summed E-state index contributed by atoms with van der Waals surface area (Å²) in [5, 5.41) is 9.65. The summed E-state index contributed by atoms with van der Waals surface area (Å²) in [5.41, 5.74) is 0.129. The SMILES string of the molecule is O=C(O)C1CCN(C(c2cccc(Cl)c2)c2ccccc2C(F)(F)F)CC1. The molecule has 0 aromatic heterocycles. The van der Waals surface area contributed by atoms with Crippen molar-refractivity contribution < 1.29 is 23.1 Å². The molecule has 0 spiro atoms. The van der Waals surface area contributed by atoms with Crippen LogP contribution in [0.1, 0.15) is 35.6 Å². The van der Waals surface area contributed by atoms with Crippen molar-refractivity contribution in [2.45, 2.75) is 25.1 Å². The van der Waals surface area contributed by atoms with Crippen LogP contribution in [-0.4, -0.2) is 29.1 Å². The van der Waals surface area contributed by atoms with Gasteiger partial charge in [-0.05, 0) is 55.3 Å². The zero-order valence-electron chi connectivity index (χ0n) is 14.4. The summed E-state index contributed by atoms with van der Waals surface area (Å²) in [6.45, 7) is 0.806. The van der Waals surface area contributed by atoms with E-state index in [2.05, 4.69) is 0 Å². The molecule has 1 aliphatic heterocycles. The first-order valence-electron chi connectivity index (χ1n) is 8.66. The fourth-order valence-corrected chi connectivity index (χ4v) is 3.86. The molecule has 0 aliphatic carbocycles. The average Bonchev–Trinajstić information content (AvgIpc) is 2.62. The van der Waals surface area contributed by atoms with Gasteiger partial charge in [0.1, 0.15) is 0 Å². The van der Waals surface area contributed by atoms with Gasteiger partial charge in [-0.3, -0.25) is 9.69 Å². The number of nitrogens with zero attached hydrogens (tertiary/aromatic N) is 1. The smallest absolute Gasteiger partial charge is 0.416 e. The molecule has 1 fully saturated rings. The third-order valence-corrected chi connectivity index (χ3v) is 5.20. The second-order valence-electron chi connectivity index (χ2n) is 6.69. The highest BCUT2D eigenvalue weighted by atomic mass is 35.5. The van der Waals surface area contributed by atoms with E-state index in [0.717, 1.165) is 6.07 Å². The molecule has 0 bridgehead atoms. The van der Waals surface area contributed by atoms with E-state index in [9.17, 15) is 23.1 Å². The van der Waals surface area contributed by atoms with Gasteiger partial charge in [-0.25, -0.2) is 0 Å². The van der Waals surface area contributed by atoms with E-state index in [1.165, 1.54) is 12.1 Å². The zero-order chi connectivity index (χ0) is 19.6. The van der Waals surface area contributed by atoms with Gasteiger partial charge in [-0.15, -0.1) is 0 Å². The van der Waals surface area contributed by atoms with Gasteiger partial charge in [0.15, 0.2) is 0 Å². The van der Waals surface area contributed by atoms with E-state index in [0.29, 0.717) is 36.5 Å². The van der Waals surface area contributed by atoms with E-state index in [4.69, 9.17) is 11.6 Å². The molecule has 0 amide bonds. The first kappa shape index (κ1) is 19.7. The maximum absolute atomic E-state index is 13.6. The van der Waals surface area contributed by atoms with Crippen molar-refractivity contribution in [1.29, 1.82) is 0 Å². The highest BCUT2D eigenvalue weighted by molar-refractivity contribution is 6.30. The van der Waals surface area contributed by atoms with Crippen molar-refractivity contribution in [2.24, 2.45) is 5.92 Å². The highest BCUT2D eigenvalue weighted by Crippen LogP contribution is 2.40. The van der Waals surface area contributed by atoms with Gasteiger partial charge in [0.25, 0.3) is 0 Å². The molecule has 1 atom stereocenters. The number of hydrogen-bond acceptors (Lipinski definition) is 2. The summed E-state index contributed by atoms with van der Waals surface area (Å²) in [6, 6.07) is 11.7. The van der Waals surface area contributed by atoms with Gasteiger partial charge in [-0.2, -0.15) is 13.2 Å². The molecule has 27 heavy (non-hydrogen) atoms. The molecule has 2 aromatic carbocycles. The van der Waals surface area contributed by atoms with Gasteiger partial charge in [0, 0.05) is 5.02 Å². The minimum atomic E-state index is -4.48. The highest BCUT2D eigenvalue weighted by Gasteiger charge is 2.38. The molecule has 1 N–H and O–H groups in total. The van der Waals surface area contributed by atoms with E-state index >= 15 is 0 Å². The van der Waals surface area contributed by atoms with Crippen molar-refractivity contribution in [3.8, 4) is 0 Å². The lowest BCUT2D eigenvalue weighted by molar-refractivity contribution is -0.143. The van der Waals surface area contributed by atoms with Crippen LogP contribution < -0.4 is 0 Å². The maximum atomic E-state index is 13.6. The van der Waals surface area contributed by atoms with Crippen molar-refractivity contribution in [2.75, 3.05) is 13.1 Å². The van der Waals surface area contributed by atoms with Crippen molar-refractivity contribution >= 4 is 17.6 Å². The van der Waals surface area contributed by atoms with E-state index in [1.54, 1.807) is 30.3 Å². The van der Waals surface area contributed by atoms with Gasteiger partial charge in [0.05, 0.1) is 17.5 Å². The second-order valence-corrected chi connectivity index (χ2v) is 7.13. The molecule has 1 aliphatic rings. The average molecular weight is 398 g/mol. The Bertz CT molecular complexity index is 817. The number of rotatable bonds is 4. The molecule has 0 saturated carbocycles. The van der Waals surface area contributed by atoms with Crippen LogP contribution in [0.25, 0.3) is 0 Å². The van der Waals surface area contributed by atoms with Crippen LogP contribution in [0.3, 0.4) is 0 Å². The molecule has 0 radical (unpaired) electrons. The Kier molecular flexibility index (Phi) is 5.77. The Morgan fingerprint density at radius 2 is 1.78 bits per heavy atom. The number of benzene rings is 2. The van der Waals surface area contributed by atoms with Crippen molar-refractivity contribution in [3.63, 3.8) is 0 Å². The van der Waals surface area contributed by atoms with Gasteiger partial charge >= 0.3 is 12.1 Å². The van der Waals surface area contributed by atoms with E-state index in [-0.39, 0.29) is 5.56 Å². The van der Waals surface area contributed by atoms with Crippen LogP contribution in [0, 0.1) is 5.92 Å². The molecule has 7 heteroatoms. The summed E-state index contributed by atoms with van der Waals surface area (Å²) in [5.74, 6) is -1.32. The molecule has 1 saturated heterocycles. The molecular formula is C20H19ClF3NO2. The largest absolute Gasteiger partial charge is 0.481 e. The number of alkyl halides is 3. The number of aliphatic carboxylic acids is 1. The Morgan fingerprint density at radius 3 is 2.37 bits per heavy atom. The minimum absolute atomic E-state index is 0.154. The normalized spacial score (nSPS) is 17.6. The number of carboxylic acids is 1. The summed E-state index contributed by atoms with van der Waals surface area (Å²) in [6.07, 6.45) is -3.67.